The molecule has 0 spiro atoms. The zero-order chi connectivity index (χ0) is 11.8. The minimum absolute atomic E-state index is 0.122. The van der Waals surface area contributed by atoms with E-state index in [9.17, 15) is 4.39 Å². The molecule has 1 aromatic heterocycles. The molecule has 0 aliphatic rings. The van der Waals surface area contributed by atoms with E-state index < -0.39 is 3.79 Å². The van der Waals surface area contributed by atoms with Gasteiger partial charge in [0.15, 0.2) is 5.76 Å². The van der Waals surface area contributed by atoms with Gasteiger partial charge in [0.1, 0.15) is 11.5 Å². The number of hydrogen-bond acceptors (Lipinski definition) is 2. The topological polar surface area (TPSA) is 26.0 Å². The van der Waals surface area contributed by atoms with Gasteiger partial charge in [-0.3, -0.25) is 0 Å². The van der Waals surface area contributed by atoms with Crippen LogP contribution in [0.3, 0.4) is 0 Å². The molecule has 0 saturated heterocycles. The van der Waals surface area contributed by atoms with Gasteiger partial charge in [-0.15, -0.1) is 0 Å². The van der Waals surface area contributed by atoms with Crippen molar-refractivity contribution in [3.05, 3.63) is 41.9 Å². The first-order valence-corrected chi connectivity index (χ1v) is 5.40. The van der Waals surface area contributed by atoms with Gasteiger partial charge in [-0.1, -0.05) is 40.0 Å². The summed E-state index contributed by atoms with van der Waals surface area (Å²) in [5.41, 5.74) is 1.17. The quantitative estimate of drug-likeness (QED) is 0.728. The summed E-state index contributed by atoms with van der Waals surface area (Å²) in [6.07, 6.45) is 0. The number of aromatic nitrogens is 1. The molecule has 6 heteroatoms. The van der Waals surface area contributed by atoms with Crippen molar-refractivity contribution in [1.29, 1.82) is 0 Å². The van der Waals surface area contributed by atoms with Gasteiger partial charge < -0.3 is 4.52 Å². The second kappa shape index (κ2) is 4.24. The lowest BCUT2D eigenvalue weighted by Crippen LogP contribution is -1.96. The van der Waals surface area contributed by atoms with Crippen LogP contribution in [0.15, 0.2) is 34.9 Å². The zero-order valence-corrected chi connectivity index (χ0v) is 10.0. The smallest absolute Gasteiger partial charge is 0.250 e. The van der Waals surface area contributed by atoms with Crippen LogP contribution in [0.5, 0.6) is 0 Å². The van der Waals surface area contributed by atoms with Crippen molar-refractivity contribution in [3.8, 4) is 11.3 Å². The standard InChI is InChI=1S/C10H5Cl3FNO/c11-10(12,13)9-5-8(15-16-9)6-1-3-7(14)4-2-6/h1-5H. The van der Waals surface area contributed by atoms with E-state index in [0.29, 0.717) is 11.3 Å². The first-order valence-electron chi connectivity index (χ1n) is 4.26. The Morgan fingerprint density at radius 3 is 2.25 bits per heavy atom. The molecule has 0 atom stereocenters. The average molecular weight is 281 g/mol. The third-order valence-electron chi connectivity index (χ3n) is 1.93. The van der Waals surface area contributed by atoms with E-state index in [1.807, 2.05) is 0 Å². The number of alkyl halides is 3. The molecule has 0 aliphatic carbocycles. The minimum Gasteiger partial charge on any atom is -0.356 e. The average Bonchev–Trinajstić information content (AvgIpc) is 2.67. The van der Waals surface area contributed by atoms with Gasteiger partial charge in [0, 0.05) is 11.6 Å². The molecule has 0 aliphatic heterocycles. The minimum atomic E-state index is -1.65. The Labute approximate surface area is 106 Å². The Bertz CT molecular complexity index is 490. The first kappa shape index (κ1) is 11.7. The van der Waals surface area contributed by atoms with Crippen molar-refractivity contribution in [3.63, 3.8) is 0 Å². The van der Waals surface area contributed by atoms with Crippen molar-refractivity contribution >= 4 is 34.8 Å². The molecule has 1 heterocycles. The third kappa shape index (κ3) is 2.48. The fourth-order valence-electron chi connectivity index (χ4n) is 1.17. The molecule has 16 heavy (non-hydrogen) atoms. The Balaban J connectivity index is 2.35. The van der Waals surface area contributed by atoms with Crippen LogP contribution >= 0.6 is 34.8 Å². The van der Waals surface area contributed by atoms with Crippen molar-refractivity contribution in [2.24, 2.45) is 0 Å². The number of nitrogens with zero attached hydrogens (tertiary/aromatic N) is 1. The largest absolute Gasteiger partial charge is 0.356 e. The Morgan fingerprint density at radius 2 is 1.75 bits per heavy atom. The highest BCUT2D eigenvalue weighted by Gasteiger charge is 2.28. The SMILES string of the molecule is Fc1ccc(-c2cc(C(Cl)(Cl)Cl)on2)cc1. The monoisotopic (exact) mass is 279 g/mol. The maximum atomic E-state index is 12.7. The number of benzene rings is 1. The van der Waals surface area contributed by atoms with E-state index in [4.69, 9.17) is 39.3 Å². The zero-order valence-electron chi connectivity index (χ0n) is 7.75. The van der Waals surface area contributed by atoms with E-state index in [2.05, 4.69) is 5.16 Å². The molecule has 0 radical (unpaired) electrons. The predicted molar refractivity (Wildman–Crippen MR) is 61.1 cm³/mol. The van der Waals surface area contributed by atoms with Gasteiger partial charge in [0.05, 0.1) is 0 Å². The fraction of sp³-hybridized carbons (Fsp3) is 0.100. The van der Waals surface area contributed by atoms with E-state index >= 15 is 0 Å². The number of halogens is 4. The highest BCUT2D eigenvalue weighted by Crippen LogP contribution is 2.39. The molecule has 0 bridgehead atoms. The predicted octanol–water partition coefficient (Wildman–Crippen LogP) is 4.31. The van der Waals surface area contributed by atoms with Gasteiger partial charge in [0.25, 0.3) is 3.79 Å². The van der Waals surface area contributed by atoms with Crippen LogP contribution in [-0.2, 0) is 3.79 Å². The van der Waals surface area contributed by atoms with E-state index in [-0.39, 0.29) is 11.6 Å². The Kier molecular flexibility index (Phi) is 3.10. The summed E-state index contributed by atoms with van der Waals surface area (Å²) in [4.78, 5) is 0. The Hall–Kier alpha value is -0.770. The molecule has 1 aromatic carbocycles. The van der Waals surface area contributed by atoms with Gasteiger partial charge >= 0.3 is 0 Å². The summed E-state index contributed by atoms with van der Waals surface area (Å²) in [5.74, 6) is -0.203. The lowest BCUT2D eigenvalue weighted by Gasteiger charge is -2.02. The van der Waals surface area contributed by atoms with Crippen molar-refractivity contribution < 1.29 is 8.91 Å². The molecular weight excluding hydrogens is 275 g/mol. The van der Waals surface area contributed by atoms with Crippen molar-refractivity contribution in [2.75, 3.05) is 0 Å². The summed E-state index contributed by atoms with van der Waals surface area (Å²) >= 11 is 16.9. The third-order valence-corrected chi connectivity index (χ3v) is 2.49. The van der Waals surface area contributed by atoms with E-state index in [1.54, 1.807) is 12.1 Å². The second-order valence-corrected chi connectivity index (χ2v) is 5.36. The highest BCUT2D eigenvalue weighted by atomic mass is 35.6. The molecular formula is C10H5Cl3FNO. The van der Waals surface area contributed by atoms with Crippen LogP contribution in [0.4, 0.5) is 4.39 Å². The molecule has 0 N–H and O–H groups in total. The molecule has 0 unspecified atom stereocenters. The number of hydrogen-bond donors (Lipinski definition) is 0. The maximum Gasteiger partial charge on any atom is 0.250 e. The summed E-state index contributed by atoms with van der Waals surface area (Å²) in [6, 6.07) is 7.27. The van der Waals surface area contributed by atoms with Gasteiger partial charge in [-0.2, -0.15) is 0 Å². The number of rotatable bonds is 1. The van der Waals surface area contributed by atoms with Gasteiger partial charge in [-0.25, -0.2) is 4.39 Å². The molecule has 2 rings (SSSR count). The van der Waals surface area contributed by atoms with Crippen LogP contribution in [-0.4, -0.2) is 5.16 Å². The van der Waals surface area contributed by atoms with Crippen molar-refractivity contribution in [1.82, 2.24) is 5.16 Å². The summed E-state index contributed by atoms with van der Waals surface area (Å²) in [6.45, 7) is 0. The summed E-state index contributed by atoms with van der Waals surface area (Å²) in [7, 11) is 0. The molecule has 0 amide bonds. The van der Waals surface area contributed by atoms with Crippen LogP contribution in [0.25, 0.3) is 11.3 Å². The van der Waals surface area contributed by atoms with Crippen LogP contribution in [0.1, 0.15) is 5.76 Å². The lowest BCUT2D eigenvalue weighted by atomic mass is 10.1. The lowest BCUT2D eigenvalue weighted by molar-refractivity contribution is 0.389. The van der Waals surface area contributed by atoms with Crippen molar-refractivity contribution in [2.45, 2.75) is 3.79 Å². The van der Waals surface area contributed by atoms with Gasteiger partial charge in [0.2, 0.25) is 0 Å². The van der Waals surface area contributed by atoms with Crippen LogP contribution < -0.4 is 0 Å². The first-order chi connectivity index (χ1) is 7.47. The van der Waals surface area contributed by atoms with Gasteiger partial charge in [-0.05, 0) is 24.3 Å². The fourth-order valence-corrected chi connectivity index (χ4v) is 1.43. The van der Waals surface area contributed by atoms with E-state index in [1.165, 1.54) is 18.2 Å². The highest BCUT2D eigenvalue weighted by molar-refractivity contribution is 6.66. The maximum absolute atomic E-state index is 12.7. The summed E-state index contributed by atoms with van der Waals surface area (Å²) in [5, 5.41) is 3.73. The molecule has 84 valence electrons. The molecule has 0 saturated carbocycles. The normalized spacial score (nSPS) is 11.8. The summed E-state index contributed by atoms with van der Waals surface area (Å²) < 4.78 is 15.9. The molecule has 2 aromatic rings. The molecule has 2 nitrogen and oxygen atoms in total. The molecule has 0 fully saturated rings. The van der Waals surface area contributed by atoms with Crippen LogP contribution in [0.2, 0.25) is 0 Å². The van der Waals surface area contributed by atoms with Crippen LogP contribution in [0, 0.1) is 5.82 Å². The second-order valence-electron chi connectivity index (χ2n) is 3.08. The Morgan fingerprint density at radius 1 is 1.12 bits per heavy atom. The van der Waals surface area contributed by atoms with E-state index in [0.717, 1.165) is 0 Å².